The van der Waals surface area contributed by atoms with Crippen molar-refractivity contribution in [1.82, 2.24) is 9.44 Å². The van der Waals surface area contributed by atoms with Gasteiger partial charge < -0.3 is 5.73 Å². The highest BCUT2D eigenvalue weighted by atomic mass is 32.2. The van der Waals surface area contributed by atoms with Gasteiger partial charge in [-0.05, 0) is 25.7 Å². The van der Waals surface area contributed by atoms with Crippen LogP contribution in [0.3, 0.4) is 0 Å². The molecule has 0 saturated heterocycles. The molecule has 0 aromatic heterocycles. The molecule has 0 radical (unpaired) electrons. The Hall–Kier alpha value is -0.220. The van der Waals surface area contributed by atoms with Crippen LogP contribution >= 0.6 is 0 Å². The van der Waals surface area contributed by atoms with Gasteiger partial charge in [-0.25, -0.2) is 26.3 Å². The number of rotatable bonds is 9. The molecule has 0 spiro atoms. The average molecular weight is 327 g/mol. The Morgan fingerprint density at radius 2 is 1.75 bits per heavy atom. The van der Waals surface area contributed by atoms with Gasteiger partial charge >= 0.3 is 0 Å². The van der Waals surface area contributed by atoms with E-state index in [0.717, 1.165) is 25.7 Å². The van der Waals surface area contributed by atoms with Gasteiger partial charge in [0, 0.05) is 19.1 Å². The number of hydrogen-bond donors (Lipinski definition) is 3. The van der Waals surface area contributed by atoms with Crippen LogP contribution in [0.4, 0.5) is 0 Å². The van der Waals surface area contributed by atoms with Crippen LogP contribution in [0.15, 0.2) is 0 Å². The molecule has 4 N–H and O–H groups in total. The number of sulfonamides is 2. The van der Waals surface area contributed by atoms with E-state index < -0.39 is 20.0 Å². The van der Waals surface area contributed by atoms with Gasteiger partial charge in [0.05, 0.1) is 11.5 Å². The minimum atomic E-state index is -3.52. The molecule has 0 aliphatic heterocycles. The molecule has 0 aromatic carbocycles. The predicted molar refractivity (Wildman–Crippen MR) is 79.2 cm³/mol. The van der Waals surface area contributed by atoms with E-state index in [4.69, 9.17) is 5.73 Å². The van der Waals surface area contributed by atoms with Gasteiger partial charge in [0.25, 0.3) is 0 Å². The maximum atomic E-state index is 11.9. The third kappa shape index (κ3) is 6.04. The Morgan fingerprint density at radius 3 is 2.25 bits per heavy atom. The lowest BCUT2D eigenvalue weighted by Gasteiger charge is -2.23. The van der Waals surface area contributed by atoms with Crippen LogP contribution in [0.25, 0.3) is 0 Å². The highest BCUT2D eigenvalue weighted by molar-refractivity contribution is 7.90. The van der Waals surface area contributed by atoms with Crippen LogP contribution in [0.1, 0.15) is 32.6 Å². The molecule has 0 bridgehead atoms. The van der Waals surface area contributed by atoms with Gasteiger partial charge in [0.1, 0.15) is 0 Å². The Labute approximate surface area is 121 Å². The van der Waals surface area contributed by atoms with E-state index in [9.17, 15) is 16.8 Å². The van der Waals surface area contributed by atoms with Crippen molar-refractivity contribution in [3.63, 3.8) is 0 Å². The summed E-state index contributed by atoms with van der Waals surface area (Å²) in [6.07, 6.45) is 4.21. The first-order chi connectivity index (χ1) is 9.29. The van der Waals surface area contributed by atoms with E-state index >= 15 is 0 Å². The first kappa shape index (κ1) is 17.8. The highest BCUT2D eigenvalue weighted by Crippen LogP contribution is 2.27. The Bertz CT molecular complexity index is 484. The van der Waals surface area contributed by atoms with Gasteiger partial charge in [-0.1, -0.05) is 12.8 Å². The van der Waals surface area contributed by atoms with E-state index in [1.807, 2.05) is 0 Å². The van der Waals surface area contributed by atoms with Crippen LogP contribution in [0.5, 0.6) is 0 Å². The summed E-state index contributed by atoms with van der Waals surface area (Å²) >= 11 is 0. The first-order valence-corrected chi connectivity index (χ1v) is 10.3. The molecule has 1 aliphatic rings. The number of nitrogens with one attached hydrogen (secondary N) is 2. The predicted octanol–water partition coefficient (Wildman–Crippen LogP) is -0.637. The van der Waals surface area contributed by atoms with Crippen LogP contribution in [-0.2, 0) is 20.0 Å². The summed E-state index contributed by atoms with van der Waals surface area (Å²) in [7, 11) is -6.88. The Kier molecular flexibility index (Phi) is 6.86. The number of nitrogens with two attached hydrogens (primary N) is 1. The molecular weight excluding hydrogens is 302 g/mol. The molecule has 0 amide bonds. The van der Waals surface area contributed by atoms with E-state index in [2.05, 4.69) is 9.44 Å². The number of hydrogen-bond acceptors (Lipinski definition) is 5. The maximum absolute atomic E-state index is 11.9. The van der Waals surface area contributed by atoms with Crippen LogP contribution in [0, 0.1) is 5.92 Å². The summed E-state index contributed by atoms with van der Waals surface area (Å²) in [4.78, 5) is 0. The van der Waals surface area contributed by atoms with Gasteiger partial charge in [0.15, 0.2) is 0 Å². The lowest BCUT2D eigenvalue weighted by Crippen LogP contribution is -2.46. The lowest BCUT2D eigenvalue weighted by molar-refractivity contribution is 0.405. The molecule has 1 aliphatic carbocycles. The summed E-state index contributed by atoms with van der Waals surface area (Å²) in [6.45, 7) is 1.65. The smallest absolute Gasteiger partial charge is 0.213 e. The highest BCUT2D eigenvalue weighted by Gasteiger charge is 2.27. The van der Waals surface area contributed by atoms with Gasteiger partial charge in [-0.3, -0.25) is 0 Å². The van der Waals surface area contributed by atoms with E-state index in [-0.39, 0.29) is 30.6 Å². The second-order valence-electron chi connectivity index (χ2n) is 5.12. The molecule has 7 nitrogen and oxygen atoms in total. The monoisotopic (exact) mass is 327 g/mol. The third-order valence-electron chi connectivity index (χ3n) is 3.63. The summed E-state index contributed by atoms with van der Waals surface area (Å²) in [6, 6.07) is -0.245. The summed E-state index contributed by atoms with van der Waals surface area (Å²) in [5, 5.41) is 0. The van der Waals surface area contributed by atoms with Crippen molar-refractivity contribution >= 4 is 20.0 Å². The molecule has 1 fully saturated rings. The molecule has 20 heavy (non-hydrogen) atoms. The standard InChI is InChI=1S/C11H25N3O4S2/c1-2-19(15,16)13-7-8-20(17,18)14-11(9-12)10-5-3-4-6-10/h10-11,13-14H,2-9,12H2,1H3. The van der Waals surface area contributed by atoms with Crippen molar-refractivity contribution in [2.24, 2.45) is 11.7 Å². The fourth-order valence-electron chi connectivity index (χ4n) is 2.42. The van der Waals surface area contributed by atoms with Crippen molar-refractivity contribution in [3.05, 3.63) is 0 Å². The molecule has 1 atom stereocenters. The van der Waals surface area contributed by atoms with Crippen LogP contribution in [0.2, 0.25) is 0 Å². The first-order valence-electron chi connectivity index (χ1n) is 6.97. The van der Waals surface area contributed by atoms with Crippen LogP contribution in [-0.4, -0.2) is 47.5 Å². The normalized spacial score (nSPS) is 19.3. The van der Waals surface area contributed by atoms with Gasteiger partial charge in [0.2, 0.25) is 20.0 Å². The summed E-state index contributed by atoms with van der Waals surface area (Å²) < 4.78 is 51.2. The van der Waals surface area contributed by atoms with E-state index in [1.54, 1.807) is 0 Å². The van der Waals surface area contributed by atoms with E-state index in [0.29, 0.717) is 5.92 Å². The lowest BCUT2D eigenvalue weighted by atomic mass is 9.99. The molecule has 0 aromatic rings. The topological polar surface area (TPSA) is 118 Å². The van der Waals surface area contributed by atoms with Crippen molar-refractivity contribution in [2.75, 3.05) is 24.6 Å². The largest absolute Gasteiger partial charge is 0.329 e. The molecule has 120 valence electrons. The minimum Gasteiger partial charge on any atom is -0.329 e. The SMILES string of the molecule is CCS(=O)(=O)NCCS(=O)(=O)NC(CN)C1CCCC1. The van der Waals surface area contributed by atoms with Crippen molar-refractivity contribution in [1.29, 1.82) is 0 Å². The van der Waals surface area contributed by atoms with Crippen LogP contribution < -0.4 is 15.2 Å². The molecule has 9 heteroatoms. The van der Waals surface area contributed by atoms with Crippen molar-refractivity contribution in [3.8, 4) is 0 Å². The maximum Gasteiger partial charge on any atom is 0.213 e. The summed E-state index contributed by atoms with van der Waals surface area (Å²) in [5.41, 5.74) is 5.64. The quantitative estimate of drug-likeness (QED) is 0.521. The second kappa shape index (κ2) is 7.69. The molecule has 1 unspecified atom stereocenters. The van der Waals surface area contributed by atoms with Crippen molar-refractivity contribution < 1.29 is 16.8 Å². The minimum absolute atomic E-state index is 0.0615. The third-order valence-corrected chi connectivity index (χ3v) is 6.43. The Balaban J connectivity index is 2.47. The fraction of sp³-hybridized carbons (Fsp3) is 1.00. The van der Waals surface area contributed by atoms with Gasteiger partial charge in [-0.2, -0.15) is 0 Å². The Morgan fingerprint density at radius 1 is 1.15 bits per heavy atom. The van der Waals surface area contributed by atoms with Gasteiger partial charge in [-0.15, -0.1) is 0 Å². The zero-order chi connectivity index (χ0) is 15.2. The fourth-order valence-corrected chi connectivity index (χ4v) is 4.40. The second-order valence-corrected chi connectivity index (χ2v) is 9.09. The summed E-state index contributed by atoms with van der Waals surface area (Å²) in [5.74, 6) is -0.0363. The molecule has 1 saturated carbocycles. The molecule has 1 rings (SSSR count). The molecular formula is C11H25N3O4S2. The zero-order valence-electron chi connectivity index (χ0n) is 11.8. The molecule has 0 heterocycles. The average Bonchev–Trinajstić information content (AvgIpc) is 2.89. The van der Waals surface area contributed by atoms with Crippen molar-refractivity contribution in [2.45, 2.75) is 38.6 Å². The van der Waals surface area contributed by atoms with E-state index in [1.165, 1.54) is 6.92 Å². The zero-order valence-corrected chi connectivity index (χ0v) is 13.5.